The van der Waals surface area contributed by atoms with Gasteiger partial charge < -0.3 is 11.5 Å². The number of nitrogens with two attached hydrogens (primary N) is 2. The van der Waals surface area contributed by atoms with Crippen molar-refractivity contribution in [3.8, 4) is 0 Å². The highest BCUT2D eigenvalue weighted by Gasteiger charge is 2.08. The number of nitrogen functional groups attached to an aromatic ring is 2. The second kappa shape index (κ2) is 5.25. The molecule has 0 saturated carbocycles. The molecule has 0 aliphatic heterocycles. The van der Waals surface area contributed by atoms with Crippen molar-refractivity contribution < 1.29 is 0 Å². The Morgan fingerprint density at radius 3 is 2.43 bits per heavy atom. The van der Waals surface area contributed by atoms with Gasteiger partial charge in [0.15, 0.2) is 0 Å². The van der Waals surface area contributed by atoms with Crippen LogP contribution in [0.1, 0.15) is 16.7 Å². The van der Waals surface area contributed by atoms with E-state index in [0.29, 0.717) is 5.82 Å². The summed E-state index contributed by atoms with van der Waals surface area (Å²) in [4.78, 5) is 8.26. The smallest absolute Gasteiger partial charge is 0.222 e. The second-order valence-corrected chi connectivity index (χ2v) is 4.88. The third kappa shape index (κ3) is 2.56. The van der Waals surface area contributed by atoms with E-state index in [-0.39, 0.29) is 5.95 Å². The number of nitrogens with zero attached hydrogens (tertiary/aromatic N) is 2. The van der Waals surface area contributed by atoms with Gasteiger partial charge in [0.1, 0.15) is 5.82 Å². The predicted molar refractivity (Wildman–Crippen MR) is 88.5 cm³/mol. The molecule has 104 valence electrons. The van der Waals surface area contributed by atoms with Gasteiger partial charge in [-0.3, -0.25) is 0 Å². The molecule has 4 heteroatoms. The van der Waals surface area contributed by atoms with Gasteiger partial charge >= 0.3 is 0 Å². The summed E-state index contributed by atoms with van der Waals surface area (Å²) in [6.45, 7) is 2.02. The molecule has 1 aromatic heterocycles. The summed E-state index contributed by atoms with van der Waals surface area (Å²) in [7, 11) is 0. The van der Waals surface area contributed by atoms with E-state index >= 15 is 0 Å². The number of aryl methyl sites for hydroxylation is 1. The number of rotatable bonds is 2. The second-order valence-electron chi connectivity index (χ2n) is 4.88. The number of aromatic nitrogens is 2. The van der Waals surface area contributed by atoms with Crippen LogP contribution in [0.25, 0.3) is 23.1 Å². The van der Waals surface area contributed by atoms with Crippen molar-refractivity contribution in [1.82, 2.24) is 9.97 Å². The van der Waals surface area contributed by atoms with Crippen LogP contribution in [-0.4, -0.2) is 9.97 Å². The van der Waals surface area contributed by atoms with Gasteiger partial charge in [-0.15, -0.1) is 0 Å². The molecule has 0 radical (unpaired) electrons. The highest BCUT2D eigenvalue weighted by Crippen LogP contribution is 2.26. The fourth-order valence-electron chi connectivity index (χ4n) is 2.39. The summed E-state index contributed by atoms with van der Waals surface area (Å²) in [6, 6.07) is 14.1. The van der Waals surface area contributed by atoms with E-state index in [1.807, 2.05) is 37.3 Å². The molecule has 0 aliphatic carbocycles. The molecule has 1 heterocycles. The Bertz CT molecular complexity index is 823. The Morgan fingerprint density at radius 1 is 0.905 bits per heavy atom. The zero-order valence-corrected chi connectivity index (χ0v) is 11.7. The maximum atomic E-state index is 5.98. The molecule has 3 rings (SSSR count). The van der Waals surface area contributed by atoms with E-state index in [4.69, 9.17) is 11.5 Å². The Kier molecular flexibility index (Phi) is 3.28. The van der Waals surface area contributed by atoms with Crippen molar-refractivity contribution in [2.75, 3.05) is 11.5 Å². The van der Waals surface area contributed by atoms with Gasteiger partial charge in [-0.05, 0) is 29.7 Å². The van der Waals surface area contributed by atoms with Crippen molar-refractivity contribution in [3.63, 3.8) is 0 Å². The first-order chi connectivity index (χ1) is 10.1. The third-order valence-electron chi connectivity index (χ3n) is 3.47. The minimum atomic E-state index is 0.201. The van der Waals surface area contributed by atoms with Crippen LogP contribution in [0.5, 0.6) is 0 Å². The molecule has 0 aliphatic rings. The molecule has 0 bridgehead atoms. The first-order valence-corrected chi connectivity index (χ1v) is 6.70. The minimum absolute atomic E-state index is 0.201. The van der Waals surface area contributed by atoms with Crippen LogP contribution in [-0.2, 0) is 0 Å². The van der Waals surface area contributed by atoms with Crippen LogP contribution >= 0.6 is 0 Å². The lowest BCUT2D eigenvalue weighted by atomic mass is 10.0. The molecule has 0 fully saturated rings. The van der Waals surface area contributed by atoms with Gasteiger partial charge in [0.05, 0.1) is 5.52 Å². The quantitative estimate of drug-likeness (QED) is 0.704. The lowest BCUT2D eigenvalue weighted by Crippen LogP contribution is -2.02. The molecule has 4 N–H and O–H groups in total. The van der Waals surface area contributed by atoms with Crippen molar-refractivity contribution in [1.29, 1.82) is 0 Å². The number of fused-ring (bicyclic) bond motifs is 1. The molecule has 0 amide bonds. The van der Waals surface area contributed by atoms with E-state index < -0.39 is 0 Å². The maximum absolute atomic E-state index is 5.98. The van der Waals surface area contributed by atoms with Crippen LogP contribution in [0.4, 0.5) is 11.8 Å². The monoisotopic (exact) mass is 276 g/mol. The average Bonchev–Trinajstić information content (AvgIpc) is 2.47. The molecule has 0 unspecified atom stereocenters. The van der Waals surface area contributed by atoms with Crippen molar-refractivity contribution in [3.05, 3.63) is 59.2 Å². The third-order valence-corrected chi connectivity index (χ3v) is 3.47. The minimum Gasteiger partial charge on any atom is -0.383 e. The van der Waals surface area contributed by atoms with Crippen molar-refractivity contribution >= 4 is 34.8 Å². The molecular weight excluding hydrogens is 260 g/mol. The lowest BCUT2D eigenvalue weighted by molar-refractivity contribution is 1.24. The molecule has 2 aromatic carbocycles. The van der Waals surface area contributed by atoms with Gasteiger partial charge in [-0.1, -0.05) is 48.6 Å². The molecule has 21 heavy (non-hydrogen) atoms. The SMILES string of the molecule is Cc1c(/C=C/c2ccccc2)ccc2nc(N)nc(N)c12. The Morgan fingerprint density at radius 2 is 1.67 bits per heavy atom. The molecule has 0 spiro atoms. The Hall–Kier alpha value is -2.88. The summed E-state index contributed by atoms with van der Waals surface area (Å²) in [6.07, 6.45) is 4.14. The van der Waals surface area contributed by atoms with E-state index in [1.54, 1.807) is 0 Å². The van der Waals surface area contributed by atoms with Crippen LogP contribution in [0.15, 0.2) is 42.5 Å². The summed E-state index contributed by atoms with van der Waals surface area (Å²) in [5.74, 6) is 0.622. The average molecular weight is 276 g/mol. The zero-order valence-electron chi connectivity index (χ0n) is 11.7. The fourth-order valence-corrected chi connectivity index (χ4v) is 2.39. The maximum Gasteiger partial charge on any atom is 0.222 e. The van der Waals surface area contributed by atoms with Gasteiger partial charge in [-0.25, -0.2) is 4.98 Å². The number of anilines is 2. The first-order valence-electron chi connectivity index (χ1n) is 6.70. The largest absolute Gasteiger partial charge is 0.383 e. The van der Waals surface area contributed by atoms with Gasteiger partial charge in [-0.2, -0.15) is 4.98 Å². The standard InChI is InChI=1S/C17H16N4/c1-11-13(8-7-12-5-3-2-4-6-12)9-10-14-15(11)16(18)21-17(19)20-14/h2-10H,1H3,(H4,18,19,20,21)/b8-7+. The van der Waals surface area contributed by atoms with Crippen LogP contribution in [0.3, 0.4) is 0 Å². The molecular formula is C17H16N4. The van der Waals surface area contributed by atoms with E-state index in [1.165, 1.54) is 0 Å². The summed E-state index contributed by atoms with van der Waals surface area (Å²) >= 11 is 0. The summed E-state index contributed by atoms with van der Waals surface area (Å²) < 4.78 is 0. The molecule has 3 aromatic rings. The zero-order chi connectivity index (χ0) is 14.8. The number of hydrogen-bond acceptors (Lipinski definition) is 4. The van der Waals surface area contributed by atoms with E-state index in [2.05, 4.69) is 34.3 Å². The van der Waals surface area contributed by atoms with E-state index in [0.717, 1.165) is 27.6 Å². The Labute approximate surface area is 123 Å². The first kappa shape index (κ1) is 13.1. The highest BCUT2D eigenvalue weighted by molar-refractivity contribution is 5.94. The topological polar surface area (TPSA) is 77.8 Å². The Balaban J connectivity index is 2.08. The molecule has 0 atom stereocenters. The number of benzene rings is 2. The van der Waals surface area contributed by atoms with Crippen LogP contribution < -0.4 is 11.5 Å². The summed E-state index contributed by atoms with van der Waals surface area (Å²) in [5, 5.41) is 0.861. The molecule has 0 saturated heterocycles. The summed E-state index contributed by atoms with van der Waals surface area (Å²) in [5.41, 5.74) is 15.7. The lowest BCUT2D eigenvalue weighted by Gasteiger charge is -2.08. The van der Waals surface area contributed by atoms with Crippen LogP contribution in [0.2, 0.25) is 0 Å². The normalized spacial score (nSPS) is 11.3. The van der Waals surface area contributed by atoms with Crippen molar-refractivity contribution in [2.24, 2.45) is 0 Å². The van der Waals surface area contributed by atoms with Gasteiger partial charge in [0, 0.05) is 5.39 Å². The van der Waals surface area contributed by atoms with Crippen molar-refractivity contribution in [2.45, 2.75) is 6.92 Å². The molecule has 4 nitrogen and oxygen atoms in total. The van der Waals surface area contributed by atoms with Gasteiger partial charge in [0.25, 0.3) is 0 Å². The fraction of sp³-hybridized carbons (Fsp3) is 0.0588. The highest BCUT2D eigenvalue weighted by atomic mass is 15.0. The van der Waals surface area contributed by atoms with E-state index in [9.17, 15) is 0 Å². The predicted octanol–water partition coefficient (Wildman–Crippen LogP) is 3.27. The van der Waals surface area contributed by atoms with Crippen LogP contribution in [0, 0.1) is 6.92 Å². The number of hydrogen-bond donors (Lipinski definition) is 2. The van der Waals surface area contributed by atoms with Gasteiger partial charge in [0.2, 0.25) is 5.95 Å².